The summed E-state index contributed by atoms with van der Waals surface area (Å²) in [6.45, 7) is 1.01. The lowest BCUT2D eigenvalue weighted by Gasteiger charge is -2.22. The summed E-state index contributed by atoms with van der Waals surface area (Å²) in [5, 5.41) is -0.367. The Bertz CT molecular complexity index is 464. The third kappa shape index (κ3) is 3.10. The number of nitrogen functional groups attached to an aromatic ring is 1. The summed E-state index contributed by atoms with van der Waals surface area (Å²) in [4.78, 5) is 0. The minimum absolute atomic E-state index is 0.367. The molecule has 1 aromatic carbocycles. The van der Waals surface area contributed by atoms with E-state index < -0.39 is 10.0 Å². The number of benzene rings is 1. The fourth-order valence-corrected chi connectivity index (χ4v) is 3.23. The summed E-state index contributed by atoms with van der Waals surface area (Å²) in [5.41, 5.74) is 6.70. The monoisotopic (exact) mass is 256 g/mol. The fourth-order valence-electron chi connectivity index (χ4n) is 1.79. The second kappa shape index (κ2) is 4.93. The van der Waals surface area contributed by atoms with E-state index in [1.165, 1.54) is 0 Å². The van der Waals surface area contributed by atoms with Crippen molar-refractivity contribution in [2.24, 2.45) is 0 Å². The average Bonchev–Trinajstić information content (AvgIpc) is 2.33. The van der Waals surface area contributed by atoms with Gasteiger partial charge in [0, 0.05) is 24.6 Å². The molecule has 0 aliphatic carbocycles. The minimum Gasteiger partial charge on any atom is -0.399 e. The van der Waals surface area contributed by atoms with Crippen molar-refractivity contribution in [3.8, 4) is 0 Å². The zero-order chi connectivity index (χ0) is 12.3. The number of ether oxygens (including phenoxy) is 1. The highest BCUT2D eigenvalue weighted by Gasteiger charge is 2.27. The van der Waals surface area contributed by atoms with E-state index in [9.17, 15) is 8.42 Å². The molecule has 1 aliphatic rings. The number of nitrogens with two attached hydrogens (primary N) is 1. The van der Waals surface area contributed by atoms with E-state index in [4.69, 9.17) is 10.5 Å². The van der Waals surface area contributed by atoms with Gasteiger partial charge < -0.3 is 10.5 Å². The van der Waals surface area contributed by atoms with E-state index in [-0.39, 0.29) is 5.25 Å². The third-order valence-electron chi connectivity index (χ3n) is 2.78. The van der Waals surface area contributed by atoms with Gasteiger partial charge in [-0.1, -0.05) is 0 Å². The zero-order valence-electron chi connectivity index (χ0n) is 9.43. The molecule has 6 heteroatoms. The molecule has 17 heavy (non-hydrogen) atoms. The lowest BCUT2D eigenvalue weighted by Crippen LogP contribution is -2.33. The maximum Gasteiger partial charge on any atom is 0.235 e. The van der Waals surface area contributed by atoms with Crippen LogP contribution in [0.1, 0.15) is 12.8 Å². The van der Waals surface area contributed by atoms with Gasteiger partial charge in [0.15, 0.2) is 0 Å². The standard InChI is InChI=1S/C11H16N2O3S/c12-9-1-3-10(4-2-9)13-17(14,15)11-5-7-16-8-6-11/h1-4,11,13H,5-8,12H2. The molecular weight excluding hydrogens is 240 g/mol. The van der Waals surface area contributed by atoms with Gasteiger partial charge in [0.1, 0.15) is 0 Å². The van der Waals surface area contributed by atoms with Gasteiger partial charge in [0.2, 0.25) is 10.0 Å². The molecule has 5 nitrogen and oxygen atoms in total. The summed E-state index contributed by atoms with van der Waals surface area (Å²) in [7, 11) is -3.32. The van der Waals surface area contributed by atoms with Gasteiger partial charge in [-0.05, 0) is 37.1 Å². The summed E-state index contributed by atoms with van der Waals surface area (Å²) in [6, 6.07) is 6.65. The summed E-state index contributed by atoms with van der Waals surface area (Å²) in [5.74, 6) is 0. The minimum atomic E-state index is -3.32. The molecule has 1 fully saturated rings. The number of rotatable bonds is 3. The zero-order valence-corrected chi connectivity index (χ0v) is 10.2. The second-order valence-corrected chi connectivity index (χ2v) is 6.04. The van der Waals surface area contributed by atoms with Crippen LogP contribution in [0.15, 0.2) is 24.3 Å². The first-order valence-corrected chi connectivity index (χ1v) is 7.07. The van der Waals surface area contributed by atoms with Crippen molar-refractivity contribution in [3.63, 3.8) is 0 Å². The van der Waals surface area contributed by atoms with E-state index in [0.717, 1.165) is 0 Å². The smallest absolute Gasteiger partial charge is 0.235 e. The third-order valence-corrected chi connectivity index (χ3v) is 4.65. The van der Waals surface area contributed by atoms with Crippen LogP contribution in [0.3, 0.4) is 0 Å². The SMILES string of the molecule is Nc1ccc(NS(=O)(=O)C2CCOCC2)cc1. The van der Waals surface area contributed by atoms with Gasteiger partial charge >= 0.3 is 0 Å². The van der Waals surface area contributed by atoms with Crippen LogP contribution < -0.4 is 10.5 Å². The Hall–Kier alpha value is -1.27. The summed E-state index contributed by atoms with van der Waals surface area (Å²) >= 11 is 0. The van der Waals surface area contributed by atoms with Crippen LogP contribution >= 0.6 is 0 Å². The first-order chi connectivity index (χ1) is 8.08. The van der Waals surface area contributed by atoms with E-state index in [1.54, 1.807) is 24.3 Å². The Labute approximate surface area is 101 Å². The normalized spacial score (nSPS) is 17.9. The molecule has 1 saturated heterocycles. The quantitative estimate of drug-likeness (QED) is 0.796. The molecular formula is C11H16N2O3S. The Balaban J connectivity index is 2.08. The lowest BCUT2D eigenvalue weighted by atomic mass is 10.2. The second-order valence-electron chi connectivity index (χ2n) is 4.08. The van der Waals surface area contributed by atoms with Crippen molar-refractivity contribution in [2.45, 2.75) is 18.1 Å². The maximum absolute atomic E-state index is 12.0. The van der Waals surface area contributed by atoms with E-state index in [1.807, 2.05) is 0 Å². The largest absolute Gasteiger partial charge is 0.399 e. The van der Waals surface area contributed by atoms with Gasteiger partial charge in [0.05, 0.1) is 5.25 Å². The van der Waals surface area contributed by atoms with Crippen molar-refractivity contribution in [3.05, 3.63) is 24.3 Å². The molecule has 0 aromatic heterocycles. The van der Waals surface area contributed by atoms with E-state index in [2.05, 4.69) is 4.72 Å². The molecule has 3 N–H and O–H groups in total. The van der Waals surface area contributed by atoms with Gasteiger partial charge in [-0.2, -0.15) is 0 Å². The van der Waals surface area contributed by atoms with Crippen molar-refractivity contribution in [2.75, 3.05) is 23.7 Å². The lowest BCUT2D eigenvalue weighted by molar-refractivity contribution is 0.0984. The van der Waals surface area contributed by atoms with Crippen LogP contribution in [-0.4, -0.2) is 26.9 Å². The van der Waals surface area contributed by atoms with E-state index in [0.29, 0.717) is 37.4 Å². The Morgan fingerprint density at radius 2 is 1.76 bits per heavy atom. The Morgan fingerprint density at radius 1 is 1.18 bits per heavy atom. The van der Waals surface area contributed by atoms with Gasteiger partial charge in [-0.15, -0.1) is 0 Å². The van der Waals surface area contributed by atoms with Crippen LogP contribution in [0, 0.1) is 0 Å². The molecule has 1 heterocycles. The van der Waals surface area contributed by atoms with E-state index >= 15 is 0 Å². The van der Waals surface area contributed by atoms with Crippen LogP contribution in [0.5, 0.6) is 0 Å². The Kier molecular flexibility index (Phi) is 3.54. The number of hydrogen-bond acceptors (Lipinski definition) is 4. The number of nitrogens with one attached hydrogen (secondary N) is 1. The number of anilines is 2. The highest BCUT2D eigenvalue weighted by molar-refractivity contribution is 7.93. The molecule has 0 atom stereocenters. The Morgan fingerprint density at radius 3 is 2.35 bits per heavy atom. The molecule has 94 valence electrons. The number of hydrogen-bond donors (Lipinski definition) is 2. The first-order valence-electron chi connectivity index (χ1n) is 5.53. The van der Waals surface area contributed by atoms with Gasteiger partial charge in [-0.25, -0.2) is 8.42 Å². The van der Waals surface area contributed by atoms with Crippen molar-refractivity contribution >= 4 is 21.4 Å². The maximum atomic E-state index is 12.0. The summed E-state index contributed by atoms with van der Waals surface area (Å²) < 4.78 is 31.8. The first kappa shape index (κ1) is 12.2. The molecule has 0 spiro atoms. The van der Waals surface area contributed by atoms with Crippen LogP contribution in [-0.2, 0) is 14.8 Å². The highest BCUT2D eigenvalue weighted by atomic mass is 32.2. The predicted molar refractivity (Wildman–Crippen MR) is 67.2 cm³/mol. The average molecular weight is 256 g/mol. The van der Waals surface area contributed by atoms with Crippen LogP contribution in [0.4, 0.5) is 11.4 Å². The van der Waals surface area contributed by atoms with Crippen molar-refractivity contribution < 1.29 is 13.2 Å². The molecule has 0 unspecified atom stereocenters. The molecule has 0 saturated carbocycles. The highest BCUT2D eigenvalue weighted by Crippen LogP contribution is 2.19. The van der Waals surface area contributed by atoms with Gasteiger partial charge in [-0.3, -0.25) is 4.72 Å². The molecule has 0 amide bonds. The van der Waals surface area contributed by atoms with Crippen LogP contribution in [0.25, 0.3) is 0 Å². The molecule has 1 aromatic rings. The van der Waals surface area contributed by atoms with Crippen molar-refractivity contribution in [1.82, 2.24) is 0 Å². The van der Waals surface area contributed by atoms with Crippen molar-refractivity contribution in [1.29, 1.82) is 0 Å². The molecule has 1 aliphatic heterocycles. The fraction of sp³-hybridized carbons (Fsp3) is 0.455. The van der Waals surface area contributed by atoms with Crippen LogP contribution in [0.2, 0.25) is 0 Å². The topological polar surface area (TPSA) is 81.4 Å². The predicted octanol–water partition coefficient (Wildman–Crippen LogP) is 1.19. The number of sulfonamides is 1. The van der Waals surface area contributed by atoms with Gasteiger partial charge in [0.25, 0.3) is 0 Å². The molecule has 0 bridgehead atoms. The molecule has 2 rings (SSSR count). The molecule has 0 radical (unpaired) electrons. The summed E-state index contributed by atoms with van der Waals surface area (Å²) in [6.07, 6.45) is 1.09.